The Labute approximate surface area is 178 Å². The van der Waals surface area contributed by atoms with Crippen LogP contribution in [0.2, 0.25) is 0 Å². The van der Waals surface area contributed by atoms with Crippen molar-refractivity contribution in [3.8, 4) is 0 Å². The zero-order chi connectivity index (χ0) is 21.1. The molecule has 3 N–H and O–H groups in total. The smallest absolute Gasteiger partial charge is 0.267 e. The minimum Gasteiger partial charge on any atom is -0.368 e. The minimum atomic E-state index is -0.706. The molecule has 3 amide bonds. The number of rotatable bonds is 6. The van der Waals surface area contributed by atoms with E-state index in [-0.39, 0.29) is 36.9 Å². The number of carbonyl (C=O) groups is 3. The summed E-state index contributed by atoms with van der Waals surface area (Å²) in [6.45, 7) is 1.56. The minimum absolute atomic E-state index is 0.0152. The molecule has 4 rings (SSSR count). The maximum atomic E-state index is 12.5. The Balaban J connectivity index is 1.32. The lowest BCUT2D eigenvalue weighted by Gasteiger charge is -2.27. The summed E-state index contributed by atoms with van der Waals surface area (Å²) in [4.78, 5) is 40.0. The summed E-state index contributed by atoms with van der Waals surface area (Å²) < 4.78 is 0. The number of para-hydroxylation sites is 1. The van der Waals surface area contributed by atoms with E-state index in [9.17, 15) is 14.4 Å². The Hall–Kier alpha value is -3.20. The van der Waals surface area contributed by atoms with Crippen LogP contribution in [-0.4, -0.2) is 47.5 Å². The molecule has 2 aromatic rings. The number of primary amides is 1. The number of nitrogens with zero attached hydrogens (tertiary/aromatic N) is 3. The van der Waals surface area contributed by atoms with Crippen LogP contribution in [-0.2, 0) is 27.3 Å². The average Bonchev–Trinajstić information content (AvgIpc) is 3.41. The van der Waals surface area contributed by atoms with E-state index >= 15 is 0 Å². The Morgan fingerprint density at radius 3 is 2.77 bits per heavy atom. The molecule has 2 aliphatic heterocycles. The first-order valence-electron chi connectivity index (χ1n) is 9.85. The van der Waals surface area contributed by atoms with Crippen molar-refractivity contribution in [3.63, 3.8) is 0 Å². The molecule has 9 heteroatoms. The van der Waals surface area contributed by atoms with E-state index in [2.05, 4.69) is 21.9 Å². The van der Waals surface area contributed by atoms with Gasteiger partial charge in [-0.3, -0.25) is 19.4 Å². The van der Waals surface area contributed by atoms with Crippen molar-refractivity contribution in [2.24, 2.45) is 10.8 Å². The number of nitrogens with two attached hydrogens (primary N) is 1. The van der Waals surface area contributed by atoms with Gasteiger partial charge in [-0.15, -0.1) is 11.3 Å². The number of hydrogen-bond acceptors (Lipinski definition) is 6. The zero-order valence-corrected chi connectivity index (χ0v) is 17.2. The lowest BCUT2D eigenvalue weighted by molar-refractivity contribution is -0.132. The fourth-order valence-electron chi connectivity index (χ4n) is 3.69. The van der Waals surface area contributed by atoms with Crippen molar-refractivity contribution in [2.45, 2.75) is 31.8 Å². The fraction of sp³-hybridized carbons (Fsp3) is 0.333. The van der Waals surface area contributed by atoms with Crippen molar-refractivity contribution in [1.82, 2.24) is 10.2 Å². The molecule has 156 valence electrons. The molecule has 0 spiro atoms. The van der Waals surface area contributed by atoms with E-state index in [1.807, 2.05) is 23.1 Å². The Bertz CT molecular complexity index is 988. The Morgan fingerprint density at radius 2 is 2.00 bits per heavy atom. The second-order valence-corrected chi connectivity index (χ2v) is 8.29. The second kappa shape index (κ2) is 8.66. The number of nitrogens with one attached hydrogen (secondary N) is 1. The quantitative estimate of drug-likeness (QED) is 0.726. The SMILES string of the molecule is NC(=O)C1CC(C(=O)NCCC(=O)N2CCc3sccc3C2)=NN1c1ccccc1. The molecular formula is C21H23N5O3S. The molecule has 0 saturated heterocycles. The number of amides is 3. The molecule has 1 atom stereocenters. The van der Waals surface area contributed by atoms with Gasteiger partial charge in [0.2, 0.25) is 11.8 Å². The molecule has 0 saturated carbocycles. The third-order valence-corrected chi connectivity index (χ3v) is 6.33. The first kappa shape index (κ1) is 20.1. The van der Waals surface area contributed by atoms with E-state index < -0.39 is 11.9 Å². The summed E-state index contributed by atoms with van der Waals surface area (Å²) in [5.74, 6) is -0.911. The second-order valence-electron chi connectivity index (χ2n) is 7.29. The third-order valence-electron chi connectivity index (χ3n) is 5.31. The van der Waals surface area contributed by atoms with Crippen LogP contribution >= 0.6 is 11.3 Å². The summed E-state index contributed by atoms with van der Waals surface area (Å²) in [6.07, 6.45) is 1.24. The number of anilines is 1. The highest BCUT2D eigenvalue weighted by Crippen LogP contribution is 2.25. The molecular weight excluding hydrogens is 402 g/mol. The fourth-order valence-corrected chi connectivity index (χ4v) is 4.58. The number of benzene rings is 1. The molecule has 30 heavy (non-hydrogen) atoms. The van der Waals surface area contributed by atoms with Crippen molar-refractivity contribution in [1.29, 1.82) is 0 Å². The largest absolute Gasteiger partial charge is 0.368 e. The highest BCUT2D eigenvalue weighted by molar-refractivity contribution is 7.10. The Morgan fingerprint density at radius 1 is 1.20 bits per heavy atom. The zero-order valence-electron chi connectivity index (χ0n) is 16.4. The molecule has 1 aromatic carbocycles. The van der Waals surface area contributed by atoms with Gasteiger partial charge in [-0.25, -0.2) is 0 Å². The van der Waals surface area contributed by atoms with Gasteiger partial charge in [-0.1, -0.05) is 18.2 Å². The van der Waals surface area contributed by atoms with Crippen molar-refractivity contribution in [3.05, 3.63) is 52.2 Å². The monoisotopic (exact) mass is 425 g/mol. The number of thiophene rings is 1. The van der Waals surface area contributed by atoms with Crippen LogP contribution in [0.5, 0.6) is 0 Å². The highest BCUT2D eigenvalue weighted by atomic mass is 32.1. The summed E-state index contributed by atoms with van der Waals surface area (Å²) in [6, 6.07) is 10.5. The van der Waals surface area contributed by atoms with Crippen LogP contribution < -0.4 is 16.1 Å². The molecule has 2 aliphatic rings. The standard InChI is InChI=1S/C21H23N5O3S/c22-20(28)17-12-16(24-26(17)15-4-2-1-3-5-15)21(29)23-9-6-19(27)25-10-7-18-14(13-25)8-11-30-18/h1-5,8,11,17H,6-7,9-10,12-13H2,(H2,22,28)(H,23,29). The molecule has 3 heterocycles. The molecule has 0 fully saturated rings. The van der Waals surface area contributed by atoms with Crippen LogP contribution in [0.1, 0.15) is 23.3 Å². The van der Waals surface area contributed by atoms with Gasteiger partial charge in [0.05, 0.1) is 5.69 Å². The number of hydrazone groups is 1. The highest BCUT2D eigenvalue weighted by Gasteiger charge is 2.34. The molecule has 1 unspecified atom stereocenters. The summed E-state index contributed by atoms with van der Waals surface area (Å²) >= 11 is 1.73. The first-order chi connectivity index (χ1) is 14.5. The number of fused-ring (bicyclic) bond motifs is 1. The molecule has 0 radical (unpaired) electrons. The maximum absolute atomic E-state index is 12.5. The van der Waals surface area contributed by atoms with Gasteiger partial charge in [0.15, 0.2) is 0 Å². The van der Waals surface area contributed by atoms with Crippen molar-refractivity contribution >= 4 is 40.5 Å². The van der Waals surface area contributed by atoms with Gasteiger partial charge in [0, 0.05) is 37.4 Å². The molecule has 0 aliphatic carbocycles. The van der Waals surface area contributed by atoms with E-state index in [4.69, 9.17) is 5.73 Å². The normalized spacial score (nSPS) is 18.0. The number of hydrogen-bond donors (Lipinski definition) is 2. The third kappa shape index (κ3) is 4.20. The van der Waals surface area contributed by atoms with Gasteiger partial charge < -0.3 is 16.0 Å². The van der Waals surface area contributed by atoms with Gasteiger partial charge in [-0.05, 0) is 35.6 Å². The summed E-state index contributed by atoms with van der Waals surface area (Å²) in [5.41, 5.74) is 7.64. The average molecular weight is 426 g/mol. The van der Waals surface area contributed by atoms with Gasteiger partial charge in [0.25, 0.3) is 5.91 Å². The lowest BCUT2D eigenvalue weighted by Crippen LogP contribution is -2.40. The van der Waals surface area contributed by atoms with Crippen LogP contribution in [0, 0.1) is 0 Å². The number of carbonyl (C=O) groups excluding carboxylic acids is 3. The van der Waals surface area contributed by atoms with Crippen molar-refractivity contribution in [2.75, 3.05) is 18.1 Å². The predicted octanol–water partition coefficient (Wildman–Crippen LogP) is 1.26. The molecule has 1 aromatic heterocycles. The van der Waals surface area contributed by atoms with Crippen LogP contribution in [0.4, 0.5) is 5.69 Å². The van der Waals surface area contributed by atoms with Crippen molar-refractivity contribution < 1.29 is 14.4 Å². The Kier molecular flexibility index (Phi) is 5.80. The maximum Gasteiger partial charge on any atom is 0.267 e. The van der Waals surface area contributed by atoms with E-state index in [1.165, 1.54) is 15.4 Å². The van der Waals surface area contributed by atoms with Gasteiger partial charge in [0.1, 0.15) is 11.8 Å². The molecule has 8 nitrogen and oxygen atoms in total. The first-order valence-corrected chi connectivity index (χ1v) is 10.7. The van der Waals surface area contributed by atoms with Crippen LogP contribution in [0.3, 0.4) is 0 Å². The lowest BCUT2D eigenvalue weighted by atomic mass is 10.1. The van der Waals surface area contributed by atoms with Gasteiger partial charge in [-0.2, -0.15) is 5.10 Å². The van der Waals surface area contributed by atoms with Crippen LogP contribution in [0.25, 0.3) is 0 Å². The molecule has 0 bridgehead atoms. The topological polar surface area (TPSA) is 108 Å². The predicted molar refractivity (Wildman–Crippen MR) is 115 cm³/mol. The van der Waals surface area contributed by atoms with E-state index in [0.717, 1.165) is 6.42 Å². The van der Waals surface area contributed by atoms with Gasteiger partial charge >= 0.3 is 0 Å². The summed E-state index contributed by atoms with van der Waals surface area (Å²) in [7, 11) is 0. The summed E-state index contributed by atoms with van der Waals surface area (Å²) in [5, 5.41) is 10.6. The van der Waals surface area contributed by atoms with E-state index in [1.54, 1.807) is 23.5 Å². The van der Waals surface area contributed by atoms with E-state index in [0.29, 0.717) is 18.8 Å². The van der Waals surface area contributed by atoms with Crippen LogP contribution in [0.15, 0.2) is 46.9 Å².